The van der Waals surface area contributed by atoms with Crippen molar-refractivity contribution in [2.24, 2.45) is 0 Å². The summed E-state index contributed by atoms with van der Waals surface area (Å²) in [5.41, 5.74) is 1.70. The van der Waals surface area contributed by atoms with Crippen LogP contribution in [0.2, 0.25) is 0 Å². The zero-order valence-corrected chi connectivity index (χ0v) is 16.4. The van der Waals surface area contributed by atoms with Gasteiger partial charge in [-0.15, -0.1) is 0 Å². The zero-order valence-electron chi connectivity index (χ0n) is 16.4. The van der Waals surface area contributed by atoms with E-state index >= 15 is 0 Å². The van der Waals surface area contributed by atoms with Crippen molar-refractivity contribution in [3.8, 4) is 5.75 Å². The SMILES string of the molecule is COc1ccc(CN(C)C(=O)NCCC(=O)N(C)Cc2ccccc2)cc1F. The number of nitrogens with zero attached hydrogens (tertiary/aromatic N) is 2. The second kappa shape index (κ2) is 10.3. The van der Waals surface area contributed by atoms with Crippen molar-refractivity contribution >= 4 is 11.9 Å². The third-order valence-electron chi connectivity index (χ3n) is 4.29. The monoisotopic (exact) mass is 387 g/mol. The maximum Gasteiger partial charge on any atom is 0.317 e. The minimum Gasteiger partial charge on any atom is -0.494 e. The molecular formula is C21H26FN3O3. The number of amides is 3. The summed E-state index contributed by atoms with van der Waals surface area (Å²) in [6.07, 6.45) is 0.208. The minimum atomic E-state index is -0.471. The summed E-state index contributed by atoms with van der Waals surface area (Å²) in [4.78, 5) is 27.4. The molecule has 7 heteroatoms. The standard InChI is InChI=1S/C21H26FN3O3/c1-24(14-16-7-5-4-6-8-16)20(26)11-12-23-21(27)25(2)15-17-9-10-19(28-3)18(22)13-17/h4-10,13H,11-12,14-15H2,1-3H3,(H,23,27). The number of benzene rings is 2. The first kappa shape index (κ1) is 21.2. The molecule has 0 bridgehead atoms. The second-order valence-corrected chi connectivity index (χ2v) is 6.54. The first-order chi connectivity index (χ1) is 13.4. The number of halogens is 1. The normalized spacial score (nSPS) is 10.3. The zero-order chi connectivity index (χ0) is 20.5. The van der Waals surface area contributed by atoms with Crippen molar-refractivity contribution in [2.45, 2.75) is 19.5 Å². The molecule has 0 atom stereocenters. The molecular weight excluding hydrogens is 361 g/mol. The number of nitrogens with one attached hydrogen (secondary N) is 1. The second-order valence-electron chi connectivity index (χ2n) is 6.54. The highest BCUT2D eigenvalue weighted by Gasteiger charge is 2.13. The quantitative estimate of drug-likeness (QED) is 0.757. The number of rotatable bonds is 8. The van der Waals surface area contributed by atoms with Gasteiger partial charge in [0.1, 0.15) is 0 Å². The summed E-state index contributed by atoms with van der Waals surface area (Å²) in [5.74, 6) is -0.362. The molecule has 0 spiro atoms. The number of hydrogen-bond donors (Lipinski definition) is 1. The lowest BCUT2D eigenvalue weighted by atomic mass is 10.2. The summed E-state index contributed by atoms with van der Waals surface area (Å²) in [6, 6.07) is 13.9. The Labute approximate surface area is 164 Å². The number of carbonyl (C=O) groups excluding carboxylic acids is 2. The molecule has 0 aliphatic rings. The highest BCUT2D eigenvalue weighted by atomic mass is 19.1. The van der Waals surface area contributed by atoms with Gasteiger partial charge in [-0.1, -0.05) is 36.4 Å². The lowest BCUT2D eigenvalue weighted by Crippen LogP contribution is -2.39. The Kier molecular flexibility index (Phi) is 7.80. The summed E-state index contributed by atoms with van der Waals surface area (Å²) < 4.78 is 18.6. The minimum absolute atomic E-state index is 0.0518. The Balaban J connectivity index is 1.75. The summed E-state index contributed by atoms with van der Waals surface area (Å²) in [6.45, 7) is 1.00. The van der Waals surface area contributed by atoms with Crippen LogP contribution in [0.4, 0.5) is 9.18 Å². The molecule has 0 fully saturated rings. The number of ether oxygens (including phenoxy) is 1. The molecule has 3 amide bonds. The van der Waals surface area contributed by atoms with E-state index in [9.17, 15) is 14.0 Å². The summed E-state index contributed by atoms with van der Waals surface area (Å²) in [5, 5.41) is 2.71. The van der Waals surface area contributed by atoms with Crippen LogP contribution in [0.25, 0.3) is 0 Å². The Morgan fingerprint density at radius 1 is 1.00 bits per heavy atom. The van der Waals surface area contributed by atoms with Gasteiger partial charge in [0.25, 0.3) is 0 Å². The van der Waals surface area contributed by atoms with E-state index in [1.165, 1.54) is 24.1 Å². The third-order valence-corrected chi connectivity index (χ3v) is 4.29. The van der Waals surface area contributed by atoms with E-state index < -0.39 is 5.82 Å². The van der Waals surface area contributed by atoms with Crippen molar-refractivity contribution in [3.05, 3.63) is 65.5 Å². The number of hydrogen-bond acceptors (Lipinski definition) is 3. The lowest BCUT2D eigenvalue weighted by molar-refractivity contribution is -0.130. The van der Waals surface area contributed by atoms with E-state index in [2.05, 4.69) is 5.32 Å². The van der Waals surface area contributed by atoms with Gasteiger partial charge in [-0.05, 0) is 23.3 Å². The molecule has 2 aromatic rings. The van der Waals surface area contributed by atoms with E-state index in [4.69, 9.17) is 4.74 Å². The van der Waals surface area contributed by atoms with Crippen LogP contribution in [0.3, 0.4) is 0 Å². The van der Waals surface area contributed by atoms with Gasteiger partial charge < -0.3 is 19.9 Å². The smallest absolute Gasteiger partial charge is 0.317 e. The predicted molar refractivity (Wildman–Crippen MR) is 105 cm³/mol. The molecule has 0 aliphatic carbocycles. The molecule has 0 heterocycles. The highest BCUT2D eigenvalue weighted by Crippen LogP contribution is 2.18. The van der Waals surface area contributed by atoms with Gasteiger partial charge in [0.05, 0.1) is 7.11 Å². The average Bonchev–Trinajstić information content (AvgIpc) is 2.68. The molecule has 0 aliphatic heterocycles. The van der Waals surface area contributed by atoms with Crippen molar-refractivity contribution in [3.63, 3.8) is 0 Å². The topological polar surface area (TPSA) is 61.9 Å². The Hall–Kier alpha value is -3.09. The van der Waals surface area contributed by atoms with Gasteiger partial charge in [-0.3, -0.25) is 4.79 Å². The molecule has 0 aromatic heterocycles. The molecule has 0 saturated heterocycles. The van der Waals surface area contributed by atoms with Crippen LogP contribution < -0.4 is 10.1 Å². The molecule has 0 radical (unpaired) electrons. The van der Waals surface area contributed by atoms with Crippen molar-refractivity contribution in [2.75, 3.05) is 27.7 Å². The van der Waals surface area contributed by atoms with E-state index in [0.29, 0.717) is 12.1 Å². The average molecular weight is 387 g/mol. The lowest BCUT2D eigenvalue weighted by Gasteiger charge is -2.20. The van der Waals surface area contributed by atoms with E-state index in [0.717, 1.165) is 5.56 Å². The van der Waals surface area contributed by atoms with Crippen molar-refractivity contribution < 1.29 is 18.7 Å². The fourth-order valence-electron chi connectivity index (χ4n) is 2.70. The molecule has 150 valence electrons. The Bertz CT molecular complexity index is 799. The van der Waals surface area contributed by atoms with Crippen LogP contribution >= 0.6 is 0 Å². The third kappa shape index (κ3) is 6.26. The maximum absolute atomic E-state index is 13.7. The maximum atomic E-state index is 13.7. The van der Waals surface area contributed by atoms with Crippen LogP contribution in [-0.4, -0.2) is 49.5 Å². The molecule has 2 aromatic carbocycles. The summed E-state index contributed by atoms with van der Waals surface area (Å²) >= 11 is 0. The van der Waals surface area contributed by atoms with E-state index in [1.54, 1.807) is 25.1 Å². The first-order valence-corrected chi connectivity index (χ1v) is 9.00. The van der Waals surface area contributed by atoms with Crippen LogP contribution in [-0.2, 0) is 17.9 Å². The van der Waals surface area contributed by atoms with Crippen LogP contribution in [0.5, 0.6) is 5.75 Å². The predicted octanol–water partition coefficient (Wildman–Crippen LogP) is 3.02. The van der Waals surface area contributed by atoms with Crippen molar-refractivity contribution in [1.82, 2.24) is 15.1 Å². The van der Waals surface area contributed by atoms with Gasteiger partial charge in [-0.2, -0.15) is 0 Å². The number of urea groups is 1. The Morgan fingerprint density at radius 2 is 1.68 bits per heavy atom. The number of methoxy groups -OCH3 is 1. The van der Waals surface area contributed by atoms with Gasteiger partial charge in [-0.25, -0.2) is 9.18 Å². The summed E-state index contributed by atoms with van der Waals surface area (Å²) in [7, 11) is 4.75. The van der Waals surface area contributed by atoms with Crippen LogP contribution in [0.1, 0.15) is 17.5 Å². The molecule has 0 saturated carbocycles. The van der Waals surface area contributed by atoms with Gasteiger partial charge in [0.15, 0.2) is 11.6 Å². The van der Waals surface area contributed by atoms with Crippen LogP contribution in [0.15, 0.2) is 48.5 Å². The van der Waals surface area contributed by atoms with Gasteiger partial charge >= 0.3 is 6.03 Å². The largest absolute Gasteiger partial charge is 0.494 e. The molecule has 6 nitrogen and oxygen atoms in total. The fourth-order valence-corrected chi connectivity index (χ4v) is 2.70. The number of carbonyl (C=O) groups is 2. The molecule has 28 heavy (non-hydrogen) atoms. The van der Waals surface area contributed by atoms with Crippen LogP contribution in [0, 0.1) is 5.82 Å². The Morgan fingerprint density at radius 3 is 2.32 bits per heavy atom. The van der Waals surface area contributed by atoms with Crippen molar-refractivity contribution in [1.29, 1.82) is 0 Å². The van der Waals surface area contributed by atoms with Gasteiger partial charge in [0, 0.05) is 40.2 Å². The first-order valence-electron chi connectivity index (χ1n) is 9.00. The fraction of sp³-hybridized carbons (Fsp3) is 0.333. The van der Waals surface area contributed by atoms with E-state index in [-0.39, 0.29) is 37.2 Å². The molecule has 1 N–H and O–H groups in total. The molecule has 0 unspecified atom stereocenters. The van der Waals surface area contributed by atoms with E-state index in [1.807, 2.05) is 30.3 Å². The highest BCUT2D eigenvalue weighted by molar-refractivity contribution is 5.78. The molecule has 2 rings (SSSR count). The van der Waals surface area contributed by atoms with Gasteiger partial charge in [0.2, 0.25) is 5.91 Å².